The number of nitrogens with one attached hydrogen (secondary N) is 1. The normalized spacial score (nSPS) is 24.0. The monoisotopic (exact) mass is 456 g/mol. The molecule has 8 nitrogen and oxygen atoms in total. The van der Waals surface area contributed by atoms with Crippen LogP contribution in [0.5, 0.6) is 5.75 Å². The Hall–Kier alpha value is -2.20. The molecule has 1 N–H and O–H groups in total. The van der Waals surface area contributed by atoms with Gasteiger partial charge in [-0.3, -0.25) is 18.7 Å². The Balaban J connectivity index is 1.69. The Kier molecular flexibility index (Phi) is 5.95. The molecule has 0 radical (unpaired) electrons. The number of amides is 2. The maximum absolute atomic E-state index is 12.5. The van der Waals surface area contributed by atoms with Crippen LogP contribution in [0.1, 0.15) is 0 Å². The second-order valence-corrected chi connectivity index (χ2v) is 7.94. The van der Waals surface area contributed by atoms with Crippen LogP contribution in [-0.2, 0) is 29.9 Å². The molecule has 144 valence electrons. The van der Waals surface area contributed by atoms with Gasteiger partial charge in [-0.1, -0.05) is 34.1 Å². The number of fused-ring (bicyclic) bond motifs is 1. The van der Waals surface area contributed by atoms with E-state index in [4.69, 9.17) is 9.47 Å². The number of ether oxygens (including phenoxy) is 2. The Morgan fingerprint density at radius 3 is 2.67 bits per heavy atom. The molecule has 0 saturated carbocycles. The highest BCUT2D eigenvalue weighted by Gasteiger charge is 2.57. The molecule has 0 spiro atoms. The third kappa shape index (κ3) is 3.77. The van der Waals surface area contributed by atoms with Crippen LogP contribution in [0.4, 0.5) is 0 Å². The third-order valence-electron chi connectivity index (χ3n) is 4.17. The number of β-lactam (4-membered cyclic amide) rings is 1. The summed E-state index contributed by atoms with van der Waals surface area (Å²) in [6, 6.07) is 7.81. The van der Waals surface area contributed by atoms with Crippen molar-refractivity contribution in [3.8, 4) is 5.75 Å². The van der Waals surface area contributed by atoms with Gasteiger partial charge in [0.25, 0.3) is 11.8 Å². The fraction of sp³-hybridized carbons (Fsp3) is 0.353. The highest BCUT2D eigenvalue weighted by molar-refractivity contribution is 9.09. The van der Waals surface area contributed by atoms with Crippen LogP contribution >= 0.6 is 15.9 Å². The average molecular weight is 457 g/mol. The minimum Gasteiger partial charge on any atom is -0.484 e. The second kappa shape index (κ2) is 8.22. The zero-order valence-corrected chi connectivity index (χ0v) is 16.7. The predicted molar refractivity (Wildman–Crippen MR) is 100 cm³/mol. The predicted octanol–water partition coefficient (Wildman–Crippen LogP) is 0.303. The Morgan fingerprint density at radius 2 is 2.04 bits per heavy atom. The molecule has 3 unspecified atom stereocenters. The summed E-state index contributed by atoms with van der Waals surface area (Å²) in [6.07, 6.45) is 0. The van der Waals surface area contributed by atoms with E-state index in [1.54, 1.807) is 24.3 Å². The van der Waals surface area contributed by atoms with E-state index >= 15 is 0 Å². The summed E-state index contributed by atoms with van der Waals surface area (Å²) >= 11 is 3.24. The molecule has 0 bridgehead atoms. The van der Waals surface area contributed by atoms with Crippen LogP contribution in [0, 0.1) is 0 Å². The molecule has 3 atom stereocenters. The lowest BCUT2D eigenvalue weighted by molar-refractivity contribution is -0.152. The SMILES string of the molecule is COC(=O)C1=C(CBr)CS(=O)C2C(NC(=O)COc3ccccc3)C(=O)N12. The molecular formula is C17H17BrN2O6S. The van der Waals surface area contributed by atoms with Crippen LogP contribution < -0.4 is 10.1 Å². The Morgan fingerprint density at radius 1 is 1.33 bits per heavy atom. The first-order valence-electron chi connectivity index (χ1n) is 8.01. The van der Waals surface area contributed by atoms with Crippen LogP contribution in [0.15, 0.2) is 41.6 Å². The summed E-state index contributed by atoms with van der Waals surface area (Å²) < 4.78 is 22.6. The fourth-order valence-corrected chi connectivity index (χ4v) is 5.33. The summed E-state index contributed by atoms with van der Waals surface area (Å²) in [5.41, 5.74) is 0.622. The molecule has 0 aliphatic carbocycles. The number of carbonyl (C=O) groups is 3. The van der Waals surface area contributed by atoms with Gasteiger partial charge in [0, 0.05) is 5.33 Å². The highest BCUT2D eigenvalue weighted by atomic mass is 79.9. The van der Waals surface area contributed by atoms with Gasteiger partial charge < -0.3 is 14.8 Å². The van der Waals surface area contributed by atoms with Crippen molar-refractivity contribution in [2.45, 2.75) is 11.4 Å². The second-order valence-electron chi connectivity index (χ2n) is 5.85. The summed E-state index contributed by atoms with van der Waals surface area (Å²) in [5.74, 6) is -1.04. The summed E-state index contributed by atoms with van der Waals surface area (Å²) in [4.78, 5) is 37.9. The zero-order valence-electron chi connectivity index (χ0n) is 14.3. The van der Waals surface area contributed by atoms with E-state index in [1.807, 2.05) is 6.07 Å². The standard InChI is InChI=1S/C17H17BrN2O6S/c1-25-17(23)14-10(7-18)9-27(24)16-13(15(22)20(14)16)19-12(21)8-26-11-5-3-2-4-6-11/h2-6,13,16H,7-9H2,1H3,(H,19,21). The zero-order chi connectivity index (χ0) is 19.6. The number of carbonyl (C=O) groups excluding carboxylic acids is 3. The first kappa shape index (κ1) is 19.6. The molecule has 1 aromatic carbocycles. The van der Waals surface area contributed by atoms with Crippen molar-refractivity contribution in [1.82, 2.24) is 10.2 Å². The van der Waals surface area contributed by atoms with Gasteiger partial charge >= 0.3 is 5.97 Å². The molecule has 1 fully saturated rings. The average Bonchev–Trinajstić information content (AvgIpc) is 2.69. The molecule has 3 rings (SSSR count). The summed E-state index contributed by atoms with van der Waals surface area (Å²) in [6.45, 7) is -0.278. The quantitative estimate of drug-likeness (QED) is 0.375. The van der Waals surface area contributed by atoms with E-state index in [-0.39, 0.29) is 18.1 Å². The molecule has 1 aromatic rings. The molecule has 2 amide bonds. The number of nitrogens with zero attached hydrogens (tertiary/aromatic N) is 1. The number of hydrogen-bond acceptors (Lipinski definition) is 6. The lowest BCUT2D eigenvalue weighted by atomic mass is 10.0. The van der Waals surface area contributed by atoms with E-state index in [1.165, 1.54) is 7.11 Å². The van der Waals surface area contributed by atoms with Crippen molar-refractivity contribution in [3.05, 3.63) is 41.6 Å². The molecule has 0 aromatic heterocycles. The number of esters is 1. The van der Waals surface area contributed by atoms with Gasteiger partial charge in [-0.2, -0.15) is 0 Å². The van der Waals surface area contributed by atoms with E-state index in [0.717, 1.165) is 4.90 Å². The first-order chi connectivity index (χ1) is 13.0. The van der Waals surface area contributed by atoms with E-state index in [0.29, 0.717) is 16.7 Å². The van der Waals surface area contributed by atoms with Crippen LogP contribution in [-0.4, -0.2) is 63.1 Å². The van der Waals surface area contributed by atoms with Gasteiger partial charge in [0.05, 0.1) is 23.7 Å². The number of para-hydroxylation sites is 1. The summed E-state index contributed by atoms with van der Waals surface area (Å²) in [5, 5.41) is 2.04. The lowest BCUT2D eigenvalue weighted by Gasteiger charge is -2.49. The number of rotatable bonds is 6. The number of halogens is 1. The van der Waals surface area contributed by atoms with E-state index in [2.05, 4.69) is 21.2 Å². The van der Waals surface area contributed by atoms with E-state index in [9.17, 15) is 18.6 Å². The maximum Gasteiger partial charge on any atom is 0.354 e. The molecule has 2 aliphatic rings. The van der Waals surface area contributed by atoms with Crippen molar-refractivity contribution in [1.29, 1.82) is 0 Å². The first-order valence-corrected chi connectivity index (χ1v) is 10.5. The van der Waals surface area contributed by atoms with Gasteiger partial charge in [0.15, 0.2) is 6.61 Å². The van der Waals surface area contributed by atoms with Crippen LogP contribution in [0.2, 0.25) is 0 Å². The number of methoxy groups -OCH3 is 1. The topological polar surface area (TPSA) is 102 Å². The van der Waals surface area contributed by atoms with Gasteiger partial charge in [-0.25, -0.2) is 4.79 Å². The number of benzene rings is 1. The van der Waals surface area contributed by atoms with Crippen molar-refractivity contribution in [2.75, 3.05) is 24.8 Å². The molecule has 1 saturated heterocycles. The van der Waals surface area contributed by atoms with E-state index < -0.39 is 40.0 Å². The number of alkyl halides is 1. The Bertz CT molecular complexity index is 828. The molecule has 2 aliphatic heterocycles. The molecule has 10 heteroatoms. The van der Waals surface area contributed by atoms with Gasteiger partial charge in [0.2, 0.25) is 0 Å². The Labute approximate surface area is 166 Å². The summed E-state index contributed by atoms with van der Waals surface area (Å²) in [7, 11) is -0.236. The molecule has 2 heterocycles. The maximum atomic E-state index is 12.5. The third-order valence-corrected chi connectivity index (χ3v) is 6.51. The molecule has 27 heavy (non-hydrogen) atoms. The minimum absolute atomic E-state index is 0.0926. The van der Waals surface area contributed by atoms with Crippen LogP contribution in [0.3, 0.4) is 0 Å². The van der Waals surface area contributed by atoms with Gasteiger partial charge in [-0.05, 0) is 17.7 Å². The van der Waals surface area contributed by atoms with Crippen molar-refractivity contribution in [2.24, 2.45) is 0 Å². The smallest absolute Gasteiger partial charge is 0.354 e. The largest absolute Gasteiger partial charge is 0.484 e. The lowest BCUT2D eigenvalue weighted by Crippen LogP contribution is -2.74. The molecular weight excluding hydrogens is 440 g/mol. The minimum atomic E-state index is -1.45. The fourth-order valence-electron chi connectivity index (χ4n) is 2.92. The van der Waals surface area contributed by atoms with Crippen molar-refractivity contribution >= 4 is 44.5 Å². The van der Waals surface area contributed by atoms with Crippen LogP contribution in [0.25, 0.3) is 0 Å². The highest BCUT2D eigenvalue weighted by Crippen LogP contribution is 2.35. The van der Waals surface area contributed by atoms with Gasteiger partial charge in [-0.15, -0.1) is 0 Å². The van der Waals surface area contributed by atoms with Crippen molar-refractivity contribution in [3.63, 3.8) is 0 Å². The van der Waals surface area contributed by atoms with Crippen molar-refractivity contribution < 1.29 is 28.1 Å². The van der Waals surface area contributed by atoms with Gasteiger partial charge in [0.1, 0.15) is 22.9 Å². The number of hydrogen-bond donors (Lipinski definition) is 1.